The molecule has 174 valence electrons. The van der Waals surface area contributed by atoms with Gasteiger partial charge in [0.05, 0.1) is 12.2 Å². The van der Waals surface area contributed by atoms with Crippen molar-refractivity contribution in [2.24, 2.45) is 0 Å². The molecule has 0 saturated carbocycles. The number of nitrogens with zero attached hydrogens (tertiary/aromatic N) is 2. The van der Waals surface area contributed by atoms with Gasteiger partial charge in [0, 0.05) is 22.4 Å². The number of hydrogen-bond acceptors (Lipinski definition) is 2. The van der Waals surface area contributed by atoms with E-state index in [-0.39, 0.29) is 13.0 Å². The summed E-state index contributed by atoms with van der Waals surface area (Å²) in [5.74, 6) is -1.96. The lowest BCUT2D eigenvalue weighted by Crippen LogP contribution is -2.55. The molecule has 0 bridgehead atoms. The van der Waals surface area contributed by atoms with Crippen molar-refractivity contribution in [3.63, 3.8) is 0 Å². The Balaban J connectivity index is 1.71. The van der Waals surface area contributed by atoms with E-state index >= 15 is 0 Å². The molecule has 0 N–H and O–H groups in total. The fourth-order valence-electron chi connectivity index (χ4n) is 5.25. The van der Waals surface area contributed by atoms with Crippen molar-refractivity contribution in [2.75, 3.05) is 11.4 Å². The minimum absolute atomic E-state index is 0.184. The predicted molar refractivity (Wildman–Crippen MR) is 125 cm³/mol. The molecule has 4 nitrogen and oxygen atoms in total. The van der Waals surface area contributed by atoms with Gasteiger partial charge in [-0.1, -0.05) is 76.6 Å². The summed E-state index contributed by atoms with van der Waals surface area (Å²) in [5, 5.41) is 0. The summed E-state index contributed by atoms with van der Waals surface area (Å²) >= 11 is 3.38. The van der Waals surface area contributed by atoms with Crippen LogP contribution in [0.4, 0.5) is 18.9 Å². The Hall–Kier alpha value is -3.13. The lowest BCUT2D eigenvalue weighted by molar-refractivity contribution is -0.170. The largest absolute Gasteiger partial charge is 0.406 e. The van der Waals surface area contributed by atoms with Gasteiger partial charge in [-0.3, -0.25) is 9.59 Å². The van der Waals surface area contributed by atoms with Crippen LogP contribution in [0.1, 0.15) is 29.0 Å². The number of likely N-dealkylation sites (tertiary alicyclic amines) is 1. The van der Waals surface area contributed by atoms with Gasteiger partial charge < -0.3 is 9.80 Å². The zero-order valence-corrected chi connectivity index (χ0v) is 19.5. The number of alkyl halides is 3. The number of halogens is 4. The van der Waals surface area contributed by atoms with Crippen molar-refractivity contribution in [3.05, 3.63) is 100 Å². The average Bonchev–Trinajstić information content (AvgIpc) is 3.22. The van der Waals surface area contributed by atoms with Gasteiger partial charge in [-0.25, -0.2) is 0 Å². The normalized spacial score (nSPS) is 22.1. The van der Waals surface area contributed by atoms with Gasteiger partial charge in [0.2, 0.25) is 5.91 Å². The second-order valence-electron chi connectivity index (χ2n) is 8.56. The molecule has 3 aromatic carbocycles. The van der Waals surface area contributed by atoms with Crippen LogP contribution >= 0.6 is 15.9 Å². The van der Waals surface area contributed by atoms with Crippen LogP contribution in [0.5, 0.6) is 0 Å². The number of benzene rings is 3. The maximum absolute atomic E-state index is 14.2. The molecule has 0 unspecified atom stereocenters. The van der Waals surface area contributed by atoms with Gasteiger partial charge in [-0.2, -0.15) is 13.2 Å². The highest BCUT2D eigenvalue weighted by atomic mass is 79.9. The SMILES string of the molecule is O=C1C[C@H](c2ccc(Br)cc2)[C@]2(C(=O)N(Cc3ccccc3)c3ccccc32)N1CC(F)(F)F. The van der Waals surface area contributed by atoms with E-state index in [2.05, 4.69) is 15.9 Å². The van der Waals surface area contributed by atoms with E-state index in [4.69, 9.17) is 0 Å². The molecule has 3 aromatic rings. The van der Waals surface area contributed by atoms with Crippen LogP contribution in [0.25, 0.3) is 0 Å². The molecule has 34 heavy (non-hydrogen) atoms. The first-order chi connectivity index (χ1) is 16.2. The molecular formula is C26H20BrF3N2O2. The van der Waals surface area contributed by atoms with E-state index in [1.165, 1.54) is 4.90 Å². The number of anilines is 1. The standard InChI is InChI=1S/C26H20BrF3N2O2/c27-19-12-10-18(11-13-19)21-14-23(33)32(16-25(28,29)30)26(21)20-8-4-5-9-22(20)31(24(26)34)15-17-6-2-1-3-7-17/h1-13,21H,14-16H2/t21-,26-/m1/s1. The maximum Gasteiger partial charge on any atom is 0.406 e. The van der Waals surface area contributed by atoms with Gasteiger partial charge in [-0.15, -0.1) is 0 Å². The smallest absolute Gasteiger partial charge is 0.314 e. The molecule has 5 rings (SSSR count). The molecule has 0 aliphatic carbocycles. The second kappa shape index (κ2) is 8.27. The summed E-state index contributed by atoms with van der Waals surface area (Å²) in [7, 11) is 0. The van der Waals surface area contributed by atoms with Gasteiger partial charge in [-0.05, 0) is 29.3 Å². The summed E-state index contributed by atoms with van der Waals surface area (Å²) in [5.41, 5.74) is 0.672. The molecule has 2 atom stereocenters. The van der Waals surface area contributed by atoms with Crippen LogP contribution in [-0.2, 0) is 21.7 Å². The van der Waals surface area contributed by atoms with Crippen LogP contribution in [0, 0.1) is 0 Å². The average molecular weight is 529 g/mol. The van der Waals surface area contributed by atoms with Crippen molar-refractivity contribution in [2.45, 2.75) is 30.6 Å². The number of carbonyl (C=O) groups excluding carboxylic acids is 2. The molecule has 1 fully saturated rings. The number of carbonyl (C=O) groups is 2. The quantitative estimate of drug-likeness (QED) is 0.431. The Morgan fingerprint density at radius 1 is 0.912 bits per heavy atom. The summed E-state index contributed by atoms with van der Waals surface area (Å²) < 4.78 is 42.0. The van der Waals surface area contributed by atoms with E-state index in [0.717, 1.165) is 14.9 Å². The number of hydrogen-bond donors (Lipinski definition) is 0. The number of rotatable bonds is 4. The summed E-state index contributed by atoms with van der Waals surface area (Å²) in [6.07, 6.45) is -4.84. The summed E-state index contributed by atoms with van der Waals surface area (Å²) in [6, 6.07) is 23.2. The monoisotopic (exact) mass is 528 g/mol. The highest BCUT2D eigenvalue weighted by molar-refractivity contribution is 9.10. The Labute approximate surface area is 203 Å². The first-order valence-electron chi connectivity index (χ1n) is 10.8. The lowest BCUT2D eigenvalue weighted by atomic mass is 9.75. The molecule has 8 heteroatoms. The third kappa shape index (κ3) is 3.60. The molecular weight excluding hydrogens is 509 g/mol. The van der Waals surface area contributed by atoms with E-state index in [1.807, 2.05) is 30.3 Å². The first-order valence-corrected chi connectivity index (χ1v) is 11.6. The second-order valence-corrected chi connectivity index (χ2v) is 9.48. The maximum atomic E-state index is 14.2. The van der Waals surface area contributed by atoms with Gasteiger partial charge >= 0.3 is 6.18 Å². The molecule has 2 aliphatic rings. The minimum Gasteiger partial charge on any atom is -0.314 e. The summed E-state index contributed by atoms with van der Waals surface area (Å²) in [4.78, 5) is 29.6. The molecule has 0 aromatic heterocycles. The summed E-state index contributed by atoms with van der Waals surface area (Å²) in [6.45, 7) is -1.29. The lowest BCUT2D eigenvalue weighted by Gasteiger charge is -2.38. The molecule has 1 saturated heterocycles. The van der Waals surface area contributed by atoms with E-state index in [9.17, 15) is 22.8 Å². The van der Waals surface area contributed by atoms with Crippen LogP contribution in [0.15, 0.2) is 83.3 Å². The number of fused-ring (bicyclic) bond motifs is 2. The fraction of sp³-hybridized carbons (Fsp3) is 0.231. The Kier molecular flexibility index (Phi) is 5.51. The van der Waals surface area contributed by atoms with Crippen molar-refractivity contribution in [3.8, 4) is 0 Å². The van der Waals surface area contributed by atoms with Crippen LogP contribution < -0.4 is 4.90 Å². The number of para-hydroxylation sites is 1. The van der Waals surface area contributed by atoms with Crippen LogP contribution in [0.3, 0.4) is 0 Å². The number of amides is 2. The topological polar surface area (TPSA) is 40.6 Å². The molecule has 2 aliphatic heterocycles. The van der Waals surface area contributed by atoms with Crippen molar-refractivity contribution in [1.82, 2.24) is 4.90 Å². The Morgan fingerprint density at radius 3 is 2.24 bits per heavy atom. The predicted octanol–water partition coefficient (Wildman–Crippen LogP) is 5.77. The van der Waals surface area contributed by atoms with Crippen molar-refractivity contribution < 1.29 is 22.8 Å². The fourth-order valence-corrected chi connectivity index (χ4v) is 5.51. The van der Waals surface area contributed by atoms with E-state index in [1.54, 1.807) is 48.5 Å². The van der Waals surface area contributed by atoms with Gasteiger partial charge in [0.25, 0.3) is 5.91 Å². The van der Waals surface area contributed by atoms with Crippen molar-refractivity contribution >= 4 is 33.4 Å². The zero-order chi connectivity index (χ0) is 24.1. The van der Waals surface area contributed by atoms with E-state index < -0.39 is 36.0 Å². The highest BCUT2D eigenvalue weighted by Gasteiger charge is 2.66. The third-order valence-electron chi connectivity index (χ3n) is 6.58. The Bertz CT molecular complexity index is 1250. The molecule has 2 amide bonds. The molecule has 0 radical (unpaired) electrons. The van der Waals surface area contributed by atoms with Crippen molar-refractivity contribution in [1.29, 1.82) is 0 Å². The Morgan fingerprint density at radius 2 is 1.56 bits per heavy atom. The van der Waals surface area contributed by atoms with Crippen LogP contribution in [0.2, 0.25) is 0 Å². The van der Waals surface area contributed by atoms with Crippen LogP contribution in [-0.4, -0.2) is 29.4 Å². The zero-order valence-electron chi connectivity index (χ0n) is 17.9. The molecule has 2 heterocycles. The first kappa shape index (κ1) is 22.7. The van der Waals surface area contributed by atoms with Gasteiger partial charge in [0.15, 0.2) is 5.54 Å². The van der Waals surface area contributed by atoms with Gasteiger partial charge in [0.1, 0.15) is 6.54 Å². The molecule has 1 spiro atoms. The third-order valence-corrected chi connectivity index (χ3v) is 7.11. The minimum atomic E-state index is -4.65. The highest BCUT2D eigenvalue weighted by Crippen LogP contribution is 2.57. The van der Waals surface area contributed by atoms with E-state index in [0.29, 0.717) is 16.8 Å².